The number of unbranched alkanes of at least 4 members (excludes halogenated alkanes) is 1. The van der Waals surface area contributed by atoms with Gasteiger partial charge in [-0.15, -0.1) is 0 Å². The molecule has 4 N–H and O–H groups in total. The van der Waals surface area contributed by atoms with Crippen molar-refractivity contribution in [3.05, 3.63) is 34.4 Å². The highest BCUT2D eigenvalue weighted by molar-refractivity contribution is 5.89. The summed E-state index contributed by atoms with van der Waals surface area (Å²) in [5.41, 5.74) is 5.64. The molecule has 3 amide bonds. The summed E-state index contributed by atoms with van der Waals surface area (Å²) in [6, 6.07) is 5.43. The zero-order chi connectivity index (χ0) is 18.9. The summed E-state index contributed by atoms with van der Waals surface area (Å²) in [4.78, 5) is 35.5. The molecule has 26 heavy (non-hydrogen) atoms. The highest BCUT2D eigenvalue weighted by Crippen LogP contribution is 2.17. The minimum absolute atomic E-state index is 0.00502. The van der Waals surface area contributed by atoms with Gasteiger partial charge in [0.2, 0.25) is 5.91 Å². The lowest BCUT2D eigenvalue weighted by Crippen LogP contribution is -2.39. The molecule has 1 aliphatic heterocycles. The molecule has 0 atom stereocenters. The average molecular weight is 363 g/mol. The van der Waals surface area contributed by atoms with E-state index < -0.39 is 4.92 Å². The Balaban J connectivity index is 1.58. The maximum atomic E-state index is 11.8. The number of hydrogen-bond acceptors (Lipinski definition) is 5. The Morgan fingerprint density at radius 2 is 2.00 bits per heavy atom. The van der Waals surface area contributed by atoms with E-state index in [4.69, 9.17) is 5.73 Å². The number of anilines is 1. The van der Waals surface area contributed by atoms with Crippen molar-refractivity contribution in [3.8, 4) is 0 Å². The van der Waals surface area contributed by atoms with Gasteiger partial charge in [-0.05, 0) is 51.4 Å². The Morgan fingerprint density at radius 1 is 1.27 bits per heavy atom. The van der Waals surface area contributed by atoms with Crippen LogP contribution < -0.4 is 16.4 Å². The van der Waals surface area contributed by atoms with Gasteiger partial charge >= 0.3 is 6.03 Å². The number of piperidine rings is 1. The second-order valence-corrected chi connectivity index (χ2v) is 6.41. The van der Waals surface area contributed by atoms with Crippen molar-refractivity contribution in [1.29, 1.82) is 0 Å². The lowest BCUT2D eigenvalue weighted by Gasteiger charge is -2.30. The standard InChI is InChI=1S/C17H25N5O4/c18-16(23)13-6-10-21(11-7-13)9-2-1-8-19-17(24)20-14-4-3-5-15(12-14)22(25)26/h3-5,12-13H,1-2,6-11H2,(H2,18,23)(H2,19,20,24). The number of benzene rings is 1. The number of rotatable bonds is 8. The average Bonchev–Trinajstić information content (AvgIpc) is 2.62. The number of amides is 3. The molecule has 1 aromatic carbocycles. The van der Waals surface area contributed by atoms with Gasteiger partial charge in [-0.25, -0.2) is 4.79 Å². The number of nitro groups is 1. The Labute approximate surface area is 152 Å². The highest BCUT2D eigenvalue weighted by atomic mass is 16.6. The maximum absolute atomic E-state index is 11.8. The van der Waals surface area contributed by atoms with Crippen LogP contribution in [0.4, 0.5) is 16.2 Å². The van der Waals surface area contributed by atoms with Crippen LogP contribution in [0.15, 0.2) is 24.3 Å². The first-order chi connectivity index (χ1) is 12.5. The number of hydrogen-bond donors (Lipinski definition) is 3. The molecule has 1 saturated heterocycles. The largest absolute Gasteiger partial charge is 0.369 e. The zero-order valence-corrected chi connectivity index (χ0v) is 14.6. The minimum Gasteiger partial charge on any atom is -0.369 e. The summed E-state index contributed by atoms with van der Waals surface area (Å²) < 4.78 is 0. The van der Waals surface area contributed by atoms with Crippen LogP contribution in [0.3, 0.4) is 0 Å². The van der Waals surface area contributed by atoms with E-state index in [0.29, 0.717) is 12.2 Å². The number of nitrogens with two attached hydrogens (primary N) is 1. The summed E-state index contributed by atoms with van der Waals surface area (Å²) in [6.45, 7) is 3.22. The first-order valence-electron chi connectivity index (χ1n) is 8.76. The number of likely N-dealkylation sites (tertiary alicyclic amines) is 1. The molecule has 0 spiro atoms. The fraction of sp³-hybridized carbons (Fsp3) is 0.529. The SMILES string of the molecule is NC(=O)C1CCN(CCCCNC(=O)Nc2cccc([N+](=O)[O-])c2)CC1. The van der Waals surface area contributed by atoms with Gasteiger partial charge in [0.05, 0.1) is 4.92 Å². The summed E-state index contributed by atoms with van der Waals surface area (Å²) >= 11 is 0. The van der Waals surface area contributed by atoms with Gasteiger partial charge in [-0.2, -0.15) is 0 Å². The fourth-order valence-electron chi connectivity index (χ4n) is 2.98. The fourth-order valence-corrected chi connectivity index (χ4v) is 2.98. The van der Waals surface area contributed by atoms with Crippen LogP contribution in [0, 0.1) is 16.0 Å². The van der Waals surface area contributed by atoms with E-state index in [9.17, 15) is 19.7 Å². The normalized spacial score (nSPS) is 15.4. The van der Waals surface area contributed by atoms with Crippen molar-refractivity contribution in [3.63, 3.8) is 0 Å². The Kier molecular flexibility index (Phi) is 7.34. The number of nitrogens with one attached hydrogen (secondary N) is 2. The van der Waals surface area contributed by atoms with E-state index in [-0.39, 0.29) is 23.5 Å². The number of non-ortho nitro benzene ring substituents is 1. The van der Waals surface area contributed by atoms with Gasteiger partial charge in [0.15, 0.2) is 0 Å². The highest BCUT2D eigenvalue weighted by Gasteiger charge is 2.22. The van der Waals surface area contributed by atoms with Crippen LogP contribution in [0.25, 0.3) is 0 Å². The lowest BCUT2D eigenvalue weighted by atomic mass is 9.96. The lowest BCUT2D eigenvalue weighted by molar-refractivity contribution is -0.384. The molecule has 2 rings (SSSR count). The zero-order valence-electron chi connectivity index (χ0n) is 14.6. The molecule has 0 aliphatic carbocycles. The van der Waals surface area contributed by atoms with Gasteiger partial charge in [0.1, 0.15) is 0 Å². The van der Waals surface area contributed by atoms with Crippen molar-refractivity contribution >= 4 is 23.3 Å². The van der Waals surface area contributed by atoms with Crippen LogP contribution in [0.5, 0.6) is 0 Å². The Hall–Kier alpha value is -2.68. The molecule has 0 radical (unpaired) electrons. The van der Waals surface area contributed by atoms with Crippen molar-refractivity contribution in [1.82, 2.24) is 10.2 Å². The molecule has 0 saturated carbocycles. The molecule has 9 nitrogen and oxygen atoms in total. The van der Waals surface area contributed by atoms with E-state index in [2.05, 4.69) is 15.5 Å². The smallest absolute Gasteiger partial charge is 0.319 e. The number of urea groups is 1. The number of carbonyl (C=O) groups excluding carboxylic acids is 2. The van der Waals surface area contributed by atoms with E-state index in [1.165, 1.54) is 18.2 Å². The third-order valence-corrected chi connectivity index (χ3v) is 4.49. The Bertz CT molecular complexity index is 644. The second-order valence-electron chi connectivity index (χ2n) is 6.41. The molecule has 1 fully saturated rings. The van der Waals surface area contributed by atoms with Crippen molar-refractivity contribution in [2.24, 2.45) is 11.7 Å². The van der Waals surface area contributed by atoms with Gasteiger partial charge in [0, 0.05) is 30.3 Å². The molecule has 1 heterocycles. The predicted molar refractivity (Wildman–Crippen MR) is 97.7 cm³/mol. The summed E-state index contributed by atoms with van der Waals surface area (Å²) in [5.74, 6) is -0.200. The maximum Gasteiger partial charge on any atom is 0.319 e. The third-order valence-electron chi connectivity index (χ3n) is 4.49. The van der Waals surface area contributed by atoms with Crippen molar-refractivity contribution < 1.29 is 14.5 Å². The number of carbonyl (C=O) groups is 2. The molecule has 0 unspecified atom stereocenters. The quantitative estimate of drug-likeness (QED) is 0.367. The second kappa shape index (κ2) is 9.71. The van der Waals surface area contributed by atoms with Gasteiger partial charge in [-0.3, -0.25) is 14.9 Å². The molecule has 142 valence electrons. The molecule has 1 aromatic rings. The van der Waals surface area contributed by atoms with Crippen LogP contribution in [0.1, 0.15) is 25.7 Å². The van der Waals surface area contributed by atoms with Crippen LogP contribution in [-0.2, 0) is 4.79 Å². The summed E-state index contributed by atoms with van der Waals surface area (Å²) in [6.07, 6.45) is 3.41. The van der Waals surface area contributed by atoms with Gasteiger partial charge in [-0.1, -0.05) is 6.07 Å². The number of primary amides is 1. The van der Waals surface area contributed by atoms with Crippen LogP contribution in [-0.4, -0.2) is 47.9 Å². The van der Waals surface area contributed by atoms with E-state index in [1.807, 2.05) is 0 Å². The van der Waals surface area contributed by atoms with Crippen LogP contribution in [0.2, 0.25) is 0 Å². The van der Waals surface area contributed by atoms with E-state index >= 15 is 0 Å². The van der Waals surface area contributed by atoms with Crippen LogP contribution >= 0.6 is 0 Å². The van der Waals surface area contributed by atoms with Gasteiger partial charge < -0.3 is 21.3 Å². The summed E-state index contributed by atoms with van der Waals surface area (Å²) in [7, 11) is 0. The molecular formula is C17H25N5O4. The minimum atomic E-state index is -0.505. The first kappa shape index (κ1) is 19.6. The predicted octanol–water partition coefficient (Wildman–Crippen LogP) is 1.69. The molecule has 0 bridgehead atoms. The summed E-state index contributed by atoms with van der Waals surface area (Å²) in [5, 5.41) is 16.0. The topological polar surface area (TPSA) is 131 Å². The van der Waals surface area contributed by atoms with Crippen molar-refractivity contribution in [2.45, 2.75) is 25.7 Å². The molecule has 0 aromatic heterocycles. The number of nitrogens with zero attached hydrogens (tertiary/aromatic N) is 2. The molecular weight excluding hydrogens is 338 g/mol. The third kappa shape index (κ3) is 6.32. The first-order valence-corrected chi connectivity index (χ1v) is 8.76. The van der Waals surface area contributed by atoms with Crippen molar-refractivity contribution in [2.75, 3.05) is 31.5 Å². The molecule has 1 aliphatic rings. The monoisotopic (exact) mass is 363 g/mol. The molecule has 9 heteroatoms. The van der Waals surface area contributed by atoms with E-state index in [1.54, 1.807) is 6.07 Å². The Morgan fingerprint density at radius 3 is 2.65 bits per heavy atom. The van der Waals surface area contributed by atoms with E-state index in [0.717, 1.165) is 45.3 Å². The van der Waals surface area contributed by atoms with Gasteiger partial charge in [0.25, 0.3) is 5.69 Å². The number of nitro benzene ring substituents is 1.